The third kappa shape index (κ3) is 2.62. The van der Waals surface area contributed by atoms with Crippen LogP contribution in [-0.4, -0.2) is 30.4 Å². The maximum Gasteiger partial charge on any atom is 0.273 e. The monoisotopic (exact) mass is 390 g/mol. The van der Waals surface area contributed by atoms with E-state index in [1.165, 1.54) is 24.3 Å². The molecule has 0 aromatic heterocycles. The first-order valence-electron chi connectivity index (χ1n) is 8.64. The molecule has 2 unspecified atom stereocenters. The van der Waals surface area contributed by atoms with Crippen LogP contribution in [0.5, 0.6) is 0 Å². The van der Waals surface area contributed by atoms with Gasteiger partial charge in [-0.05, 0) is 48.6 Å². The van der Waals surface area contributed by atoms with Gasteiger partial charge in [0.15, 0.2) is 0 Å². The summed E-state index contributed by atoms with van der Waals surface area (Å²) in [5.41, 5.74) is -1.12. The van der Waals surface area contributed by atoms with Gasteiger partial charge in [-0.25, -0.2) is 8.42 Å². The van der Waals surface area contributed by atoms with Crippen molar-refractivity contribution in [3.05, 3.63) is 36.9 Å². The zero-order valence-corrected chi connectivity index (χ0v) is 16.3. The number of amides is 3. The highest BCUT2D eigenvalue weighted by atomic mass is 32.2. The topological polar surface area (TPSA) is 101 Å². The molecule has 3 amide bonds. The first kappa shape index (κ1) is 19.3. The van der Waals surface area contributed by atoms with Gasteiger partial charge in [0.25, 0.3) is 10.0 Å². The van der Waals surface area contributed by atoms with Gasteiger partial charge in [0.1, 0.15) is 0 Å². The molecule has 8 heteroatoms. The number of hydrogen-bond acceptors (Lipinski definition) is 5. The van der Waals surface area contributed by atoms with Crippen LogP contribution in [0.25, 0.3) is 0 Å². The molecular formula is C19H22N2O5S. The van der Waals surface area contributed by atoms with Crippen molar-refractivity contribution < 1.29 is 22.8 Å². The Morgan fingerprint density at radius 1 is 1.22 bits per heavy atom. The molecule has 2 aliphatic rings. The lowest BCUT2D eigenvalue weighted by atomic mass is 9.63. The third-order valence-corrected chi connectivity index (χ3v) is 7.92. The fraction of sp³-hybridized carbons (Fsp3) is 0.421. The maximum atomic E-state index is 13.1. The minimum atomic E-state index is -4.32. The highest BCUT2D eigenvalue weighted by Crippen LogP contribution is 2.60. The molecule has 7 nitrogen and oxygen atoms in total. The number of piperidine rings is 1. The summed E-state index contributed by atoms with van der Waals surface area (Å²) in [6.07, 6.45) is 2.06. The average molecular weight is 390 g/mol. The van der Waals surface area contributed by atoms with Crippen molar-refractivity contribution in [2.45, 2.75) is 38.5 Å². The normalized spacial score (nSPS) is 26.8. The lowest BCUT2D eigenvalue weighted by molar-refractivity contribution is -0.160. The Kier molecular flexibility index (Phi) is 4.30. The van der Waals surface area contributed by atoms with Gasteiger partial charge < -0.3 is 5.32 Å². The van der Waals surface area contributed by atoms with Crippen LogP contribution in [0.4, 0.5) is 5.69 Å². The number of nitrogens with one attached hydrogen (secondary N) is 1. The smallest absolute Gasteiger partial charge is 0.273 e. The summed E-state index contributed by atoms with van der Waals surface area (Å²) in [7, 11) is -4.32. The molecule has 1 aliphatic heterocycles. The van der Waals surface area contributed by atoms with E-state index in [2.05, 4.69) is 11.9 Å². The van der Waals surface area contributed by atoms with E-state index >= 15 is 0 Å². The number of imide groups is 1. The average Bonchev–Trinajstić information content (AvgIpc) is 2.78. The van der Waals surface area contributed by atoms with Crippen LogP contribution in [0.15, 0.2) is 41.8 Å². The SMILES string of the molecule is C=CC(=O)Nc1ccc(S(=O)(=O)N2C(=O)C3CCC(C)(C2=O)C3(C)C)cc1. The zero-order valence-electron chi connectivity index (χ0n) is 15.5. The van der Waals surface area contributed by atoms with Crippen molar-refractivity contribution >= 4 is 33.4 Å². The Bertz CT molecular complexity index is 949. The molecule has 144 valence electrons. The summed E-state index contributed by atoms with van der Waals surface area (Å²) < 4.78 is 26.6. The number of benzene rings is 1. The van der Waals surface area contributed by atoms with Crippen LogP contribution >= 0.6 is 0 Å². The van der Waals surface area contributed by atoms with Crippen molar-refractivity contribution in [2.24, 2.45) is 16.7 Å². The third-order valence-electron chi connectivity index (χ3n) is 6.23. The molecule has 2 bridgehead atoms. The molecule has 1 saturated carbocycles. The van der Waals surface area contributed by atoms with Crippen molar-refractivity contribution in [2.75, 3.05) is 5.32 Å². The number of nitrogens with zero attached hydrogens (tertiary/aromatic N) is 1. The van der Waals surface area contributed by atoms with E-state index in [9.17, 15) is 22.8 Å². The number of carbonyl (C=O) groups excluding carboxylic acids is 3. The van der Waals surface area contributed by atoms with Gasteiger partial charge in [-0.3, -0.25) is 14.4 Å². The first-order chi connectivity index (χ1) is 12.5. The summed E-state index contributed by atoms with van der Waals surface area (Å²) in [5.74, 6) is -2.28. The Balaban J connectivity index is 1.98. The second-order valence-electron chi connectivity index (χ2n) is 7.78. The van der Waals surface area contributed by atoms with Gasteiger partial charge in [0.05, 0.1) is 10.3 Å². The number of fused-ring (bicyclic) bond motifs is 2. The molecule has 1 aromatic carbocycles. The predicted molar refractivity (Wildman–Crippen MR) is 98.9 cm³/mol. The van der Waals surface area contributed by atoms with Gasteiger partial charge in [0.2, 0.25) is 17.7 Å². The largest absolute Gasteiger partial charge is 0.323 e. The molecule has 27 heavy (non-hydrogen) atoms. The van der Waals surface area contributed by atoms with E-state index in [1.807, 2.05) is 13.8 Å². The highest BCUT2D eigenvalue weighted by molar-refractivity contribution is 7.90. The second kappa shape index (κ2) is 6.02. The van der Waals surface area contributed by atoms with E-state index in [0.29, 0.717) is 22.8 Å². The van der Waals surface area contributed by atoms with Gasteiger partial charge in [-0.15, -0.1) is 0 Å². The van der Waals surface area contributed by atoms with Gasteiger partial charge >= 0.3 is 0 Å². The van der Waals surface area contributed by atoms with Crippen molar-refractivity contribution in [3.8, 4) is 0 Å². The first-order valence-corrected chi connectivity index (χ1v) is 10.1. The van der Waals surface area contributed by atoms with Crippen molar-refractivity contribution in [3.63, 3.8) is 0 Å². The van der Waals surface area contributed by atoms with E-state index in [4.69, 9.17) is 0 Å². The predicted octanol–water partition coefficient (Wildman–Crippen LogP) is 2.31. The number of sulfonamides is 1. The lowest BCUT2D eigenvalue weighted by Gasteiger charge is -2.46. The van der Waals surface area contributed by atoms with E-state index < -0.39 is 44.5 Å². The molecule has 1 N–H and O–H groups in total. The Morgan fingerprint density at radius 2 is 1.81 bits per heavy atom. The standard InChI is InChI=1S/C19H22N2O5S/c1-5-15(22)20-12-6-8-13(9-7-12)27(25,26)21-16(23)14-10-11-19(4,17(21)24)18(14,2)3/h5-9,14H,1,10-11H2,2-4H3,(H,20,22). The summed E-state index contributed by atoms with van der Waals surface area (Å²) in [6, 6.07) is 5.32. The summed E-state index contributed by atoms with van der Waals surface area (Å²) in [6.45, 7) is 8.77. The molecule has 0 spiro atoms. The highest BCUT2D eigenvalue weighted by Gasteiger charge is 2.66. The summed E-state index contributed by atoms with van der Waals surface area (Å²) >= 11 is 0. The number of rotatable bonds is 4. The van der Waals surface area contributed by atoms with E-state index in [1.54, 1.807) is 6.92 Å². The molecule has 2 atom stereocenters. The Hall–Kier alpha value is -2.48. The minimum Gasteiger partial charge on any atom is -0.323 e. The fourth-order valence-electron chi connectivity index (χ4n) is 4.02. The van der Waals surface area contributed by atoms with Crippen LogP contribution in [0.1, 0.15) is 33.6 Å². The van der Waals surface area contributed by atoms with Crippen LogP contribution in [0.3, 0.4) is 0 Å². The molecule has 2 fully saturated rings. The summed E-state index contributed by atoms with van der Waals surface area (Å²) in [5, 5.41) is 2.51. The van der Waals surface area contributed by atoms with Crippen molar-refractivity contribution in [1.29, 1.82) is 0 Å². The zero-order chi connectivity index (χ0) is 20.2. The van der Waals surface area contributed by atoms with E-state index in [0.717, 1.165) is 6.08 Å². The fourth-order valence-corrected chi connectivity index (χ4v) is 5.49. The maximum absolute atomic E-state index is 13.1. The van der Waals surface area contributed by atoms with Gasteiger partial charge in [-0.1, -0.05) is 27.4 Å². The molecule has 3 rings (SSSR count). The van der Waals surface area contributed by atoms with E-state index in [-0.39, 0.29) is 4.90 Å². The quantitative estimate of drug-likeness (QED) is 0.628. The Labute approximate surface area is 158 Å². The minimum absolute atomic E-state index is 0.177. The number of anilines is 1. The molecule has 0 radical (unpaired) electrons. The van der Waals surface area contributed by atoms with Gasteiger partial charge in [-0.2, -0.15) is 4.31 Å². The number of carbonyl (C=O) groups is 3. The molecule has 1 aromatic rings. The molecule has 1 heterocycles. The van der Waals surface area contributed by atoms with Crippen LogP contribution in [-0.2, 0) is 24.4 Å². The summed E-state index contributed by atoms with van der Waals surface area (Å²) in [4.78, 5) is 37.1. The van der Waals surface area contributed by atoms with Crippen molar-refractivity contribution in [1.82, 2.24) is 4.31 Å². The molecular weight excluding hydrogens is 368 g/mol. The van der Waals surface area contributed by atoms with Gasteiger partial charge in [0, 0.05) is 11.6 Å². The number of hydrogen-bond donors (Lipinski definition) is 1. The molecule has 1 saturated heterocycles. The lowest BCUT2D eigenvalue weighted by Crippen LogP contribution is -2.60. The van der Waals surface area contributed by atoms with Crippen LogP contribution in [0, 0.1) is 16.7 Å². The molecule has 1 aliphatic carbocycles. The van der Waals surface area contributed by atoms with Crippen LogP contribution < -0.4 is 5.32 Å². The van der Waals surface area contributed by atoms with Crippen LogP contribution in [0.2, 0.25) is 0 Å². The Morgan fingerprint density at radius 3 is 2.37 bits per heavy atom. The second-order valence-corrected chi connectivity index (χ2v) is 9.56.